The van der Waals surface area contributed by atoms with Crippen LogP contribution in [-0.4, -0.2) is 21.1 Å². The summed E-state index contributed by atoms with van der Waals surface area (Å²) in [5.74, 6) is -0.244. The van der Waals surface area contributed by atoms with Gasteiger partial charge < -0.3 is 14.8 Å². The van der Waals surface area contributed by atoms with Crippen molar-refractivity contribution in [1.29, 1.82) is 0 Å². The number of benzene rings is 1. The summed E-state index contributed by atoms with van der Waals surface area (Å²) in [7, 11) is 0. The van der Waals surface area contributed by atoms with Crippen LogP contribution < -0.4 is 5.32 Å². The number of aromatic nitrogens is 1. The number of halogens is 1. The molecule has 1 atom stereocenters. The molecule has 0 amide bonds. The molecule has 1 aromatic heterocycles. The Balaban J connectivity index is 1.75. The minimum atomic E-state index is -0.244. The maximum Gasteiger partial charge on any atom is 0.174 e. The normalized spacial score (nSPS) is 17.5. The van der Waals surface area contributed by atoms with Gasteiger partial charge in [-0.3, -0.25) is 0 Å². The molecule has 0 fully saturated rings. The fourth-order valence-electron chi connectivity index (χ4n) is 2.83. The van der Waals surface area contributed by atoms with Crippen LogP contribution in [0.1, 0.15) is 24.4 Å². The van der Waals surface area contributed by atoms with E-state index in [0.29, 0.717) is 5.11 Å². The van der Waals surface area contributed by atoms with Crippen molar-refractivity contribution in [2.24, 2.45) is 0 Å². The topological polar surface area (TPSA) is 20.2 Å². The van der Waals surface area contributed by atoms with Gasteiger partial charge in [0.15, 0.2) is 5.11 Å². The first kappa shape index (κ1) is 14.1. The number of nitrogens with zero attached hydrogens (tertiary/aromatic N) is 2. The van der Waals surface area contributed by atoms with E-state index in [1.54, 1.807) is 12.1 Å². The van der Waals surface area contributed by atoms with Crippen molar-refractivity contribution in [3.8, 4) is 0 Å². The van der Waals surface area contributed by atoms with Gasteiger partial charge in [-0.2, -0.15) is 0 Å². The Morgan fingerprint density at radius 2 is 1.90 bits per heavy atom. The molecule has 0 unspecified atom stereocenters. The Labute approximate surface area is 129 Å². The van der Waals surface area contributed by atoms with E-state index in [-0.39, 0.29) is 11.9 Å². The number of rotatable bonds is 1. The monoisotopic (exact) mass is 303 g/mol. The lowest BCUT2D eigenvalue weighted by Gasteiger charge is -2.37. The fourth-order valence-corrected chi connectivity index (χ4v) is 3.19. The molecule has 1 aliphatic heterocycles. The lowest BCUT2D eigenvalue weighted by Crippen LogP contribution is -2.43. The molecule has 0 radical (unpaired) electrons. The van der Waals surface area contributed by atoms with Crippen LogP contribution in [-0.2, 0) is 6.54 Å². The number of thiocarbonyl (C=S) groups is 1. The Hall–Kier alpha value is -1.88. The molecule has 21 heavy (non-hydrogen) atoms. The molecule has 5 heteroatoms. The second-order valence-corrected chi connectivity index (χ2v) is 5.74. The van der Waals surface area contributed by atoms with E-state index in [2.05, 4.69) is 40.8 Å². The fraction of sp³-hybridized carbons (Fsp3) is 0.312. The molecule has 0 saturated heterocycles. The minimum Gasteiger partial charge on any atom is -0.345 e. The summed E-state index contributed by atoms with van der Waals surface area (Å²) in [5.41, 5.74) is 3.38. The minimum absolute atomic E-state index is 0.230. The molecule has 1 aromatic carbocycles. The van der Waals surface area contributed by atoms with Crippen LogP contribution in [0.5, 0.6) is 0 Å². The summed E-state index contributed by atoms with van der Waals surface area (Å²) >= 11 is 5.51. The van der Waals surface area contributed by atoms with E-state index >= 15 is 0 Å². The zero-order valence-corrected chi connectivity index (χ0v) is 13.0. The molecule has 1 aliphatic rings. The van der Waals surface area contributed by atoms with E-state index in [1.165, 1.54) is 23.5 Å². The smallest absolute Gasteiger partial charge is 0.174 e. The third-order valence-electron chi connectivity index (χ3n) is 4.05. The zero-order valence-electron chi connectivity index (χ0n) is 12.1. The molecule has 2 aromatic rings. The van der Waals surface area contributed by atoms with Crippen LogP contribution in [0, 0.1) is 12.7 Å². The molecule has 110 valence electrons. The van der Waals surface area contributed by atoms with E-state index in [0.717, 1.165) is 18.8 Å². The number of hydrogen-bond acceptors (Lipinski definition) is 1. The first-order valence-corrected chi connectivity index (χ1v) is 7.46. The molecule has 3 rings (SSSR count). The molecule has 3 nitrogen and oxygen atoms in total. The SMILES string of the molecule is Cc1ccc2n1CCN(C(=S)Nc1ccc(F)cc1)[C@@H]2C. The van der Waals surface area contributed by atoms with E-state index in [1.807, 2.05) is 0 Å². The van der Waals surface area contributed by atoms with Gasteiger partial charge in [0.1, 0.15) is 5.82 Å². The van der Waals surface area contributed by atoms with Crippen molar-refractivity contribution in [2.45, 2.75) is 26.4 Å². The zero-order chi connectivity index (χ0) is 15.0. The number of fused-ring (bicyclic) bond motifs is 1. The van der Waals surface area contributed by atoms with Gasteiger partial charge >= 0.3 is 0 Å². The first-order valence-electron chi connectivity index (χ1n) is 7.05. The Kier molecular flexibility index (Phi) is 3.68. The van der Waals surface area contributed by atoms with Crippen molar-refractivity contribution in [3.05, 3.63) is 53.6 Å². The predicted molar refractivity (Wildman–Crippen MR) is 86.9 cm³/mol. The van der Waals surface area contributed by atoms with Gasteiger partial charge in [-0.25, -0.2) is 4.39 Å². The maximum atomic E-state index is 12.9. The predicted octanol–water partition coefficient (Wildman–Crippen LogP) is 3.71. The highest BCUT2D eigenvalue weighted by Crippen LogP contribution is 2.27. The summed E-state index contributed by atoms with van der Waals surface area (Å²) in [6, 6.07) is 10.8. The van der Waals surface area contributed by atoms with Gasteiger partial charge in [-0.1, -0.05) is 0 Å². The van der Waals surface area contributed by atoms with Crippen LogP contribution >= 0.6 is 12.2 Å². The largest absolute Gasteiger partial charge is 0.345 e. The van der Waals surface area contributed by atoms with Crippen LogP contribution in [0.25, 0.3) is 0 Å². The lowest BCUT2D eigenvalue weighted by atomic mass is 10.1. The van der Waals surface area contributed by atoms with E-state index < -0.39 is 0 Å². The highest BCUT2D eigenvalue weighted by atomic mass is 32.1. The van der Waals surface area contributed by atoms with E-state index in [9.17, 15) is 4.39 Å². The average Bonchev–Trinajstić information content (AvgIpc) is 2.84. The van der Waals surface area contributed by atoms with Crippen LogP contribution in [0.4, 0.5) is 10.1 Å². The highest BCUT2D eigenvalue weighted by Gasteiger charge is 2.26. The number of anilines is 1. The summed E-state index contributed by atoms with van der Waals surface area (Å²) < 4.78 is 15.3. The van der Waals surface area contributed by atoms with Crippen molar-refractivity contribution in [1.82, 2.24) is 9.47 Å². The number of hydrogen-bond donors (Lipinski definition) is 1. The second kappa shape index (κ2) is 5.48. The van der Waals surface area contributed by atoms with Crippen LogP contribution in [0.15, 0.2) is 36.4 Å². The Morgan fingerprint density at radius 1 is 1.19 bits per heavy atom. The maximum absolute atomic E-state index is 12.9. The summed E-state index contributed by atoms with van der Waals surface area (Å²) in [6.07, 6.45) is 0. The van der Waals surface area contributed by atoms with Gasteiger partial charge in [0, 0.05) is 30.2 Å². The standard InChI is InChI=1S/C16H18FN3S/c1-11-3-8-15-12(2)20(10-9-19(11)15)16(21)18-14-6-4-13(17)5-7-14/h3-8,12H,9-10H2,1-2H3,(H,18,21)/t12-/m1/s1. The van der Waals surface area contributed by atoms with Gasteiger partial charge in [-0.15, -0.1) is 0 Å². The van der Waals surface area contributed by atoms with Crippen LogP contribution in [0.2, 0.25) is 0 Å². The summed E-state index contributed by atoms with van der Waals surface area (Å²) in [4.78, 5) is 2.17. The third kappa shape index (κ3) is 2.65. The van der Waals surface area contributed by atoms with Gasteiger partial charge in [-0.05, 0) is 62.5 Å². The molecule has 2 heterocycles. The molecule has 0 spiro atoms. The molecule has 0 bridgehead atoms. The highest BCUT2D eigenvalue weighted by molar-refractivity contribution is 7.80. The summed E-state index contributed by atoms with van der Waals surface area (Å²) in [6.45, 7) is 6.09. The van der Waals surface area contributed by atoms with Crippen molar-refractivity contribution in [2.75, 3.05) is 11.9 Å². The quantitative estimate of drug-likeness (QED) is 0.811. The lowest BCUT2D eigenvalue weighted by molar-refractivity contribution is 0.274. The van der Waals surface area contributed by atoms with Crippen molar-refractivity contribution in [3.63, 3.8) is 0 Å². The second-order valence-electron chi connectivity index (χ2n) is 5.36. The Morgan fingerprint density at radius 3 is 2.62 bits per heavy atom. The average molecular weight is 303 g/mol. The number of nitrogens with one attached hydrogen (secondary N) is 1. The summed E-state index contributed by atoms with van der Waals surface area (Å²) in [5, 5.41) is 3.87. The first-order chi connectivity index (χ1) is 10.1. The molecule has 0 saturated carbocycles. The van der Waals surface area contributed by atoms with Crippen LogP contribution in [0.3, 0.4) is 0 Å². The Bertz CT molecular complexity index is 663. The third-order valence-corrected chi connectivity index (χ3v) is 4.39. The molecule has 0 aliphatic carbocycles. The molecular weight excluding hydrogens is 285 g/mol. The number of aryl methyl sites for hydroxylation is 1. The molecular formula is C16H18FN3S. The van der Waals surface area contributed by atoms with Crippen molar-refractivity contribution < 1.29 is 4.39 Å². The molecule has 1 N–H and O–H groups in total. The van der Waals surface area contributed by atoms with E-state index in [4.69, 9.17) is 12.2 Å². The van der Waals surface area contributed by atoms with Gasteiger partial charge in [0.05, 0.1) is 6.04 Å². The van der Waals surface area contributed by atoms with Gasteiger partial charge in [0.25, 0.3) is 0 Å². The van der Waals surface area contributed by atoms with Crippen molar-refractivity contribution >= 4 is 23.0 Å². The van der Waals surface area contributed by atoms with Gasteiger partial charge in [0.2, 0.25) is 0 Å².